The van der Waals surface area contributed by atoms with Crippen LogP contribution in [0.1, 0.15) is 32.1 Å². The van der Waals surface area contributed by atoms with Gasteiger partial charge < -0.3 is 10.6 Å². The van der Waals surface area contributed by atoms with Gasteiger partial charge in [-0.3, -0.25) is 0 Å². The average molecular weight is 292 g/mol. The SMILES string of the molecule is N#CC(NC(=O)Nc1cccc(Cl)c1)C1CCCCC1. The molecule has 1 aromatic rings. The summed E-state index contributed by atoms with van der Waals surface area (Å²) in [5.74, 6) is 0.263. The molecule has 2 N–H and O–H groups in total. The molecule has 1 saturated carbocycles. The fourth-order valence-electron chi connectivity index (χ4n) is 2.60. The Kier molecular flexibility index (Phi) is 5.25. The normalized spacial score (nSPS) is 17.0. The summed E-state index contributed by atoms with van der Waals surface area (Å²) in [6.45, 7) is 0. The van der Waals surface area contributed by atoms with Gasteiger partial charge in [0.05, 0.1) is 6.07 Å². The molecule has 1 fully saturated rings. The molecule has 0 heterocycles. The number of nitrogens with one attached hydrogen (secondary N) is 2. The Bertz CT molecular complexity index is 506. The highest BCUT2D eigenvalue weighted by atomic mass is 35.5. The van der Waals surface area contributed by atoms with E-state index in [1.165, 1.54) is 6.42 Å². The maximum atomic E-state index is 11.9. The summed E-state index contributed by atoms with van der Waals surface area (Å²) >= 11 is 5.86. The predicted molar refractivity (Wildman–Crippen MR) is 79.6 cm³/mol. The molecule has 0 aromatic heterocycles. The van der Waals surface area contributed by atoms with Crippen molar-refractivity contribution < 1.29 is 4.79 Å². The highest BCUT2D eigenvalue weighted by molar-refractivity contribution is 6.30. The highest BCUT2D eigenvalue weighted by Gasteiger charge is 2.24. The quantitative estimate of drug-likeness (QED) is 0.886. The number of anilines is 1. The Morgan fingerprint density at radius 1 is 1.35 bits per heavy atom. The molecular weight excluding hydrogens is 274 g/mol. The topological polar surface area (TPSA) is 64.9 Å². The fourth-order valence-corrected chi connectivity index (χ4v) is 2.79. The van der Waals surface area contributed by atoms with E-state index >= 15 is 0 Å². The third kappa shape index (κ3) is 4.14. The van der Waals surface area contributed by atoms with Gasteiger partial charge in [0, 0.05) is 10.7 Å². The van der Waals surface area contributed by atoms with E-state index in [-0.39, 0.29) is 11.9 Å². The smallest absolute Gasteiger partial charge is 0.320 e. The Balaban J connectivity index is 1.90. The number of carbonyl (C=O) groups excluding carboxylic acids is 1. The number of benzene rings is 1. The van der Waals surface area contributed by atoms with Gasteiger partial charge in [-0.15, -0.1) is 0 Å². The zero-order chi connectivity index (χ0) is 14.4. The lowest BCUT2D eigenvalue weighted by atomic mass is 9.84. The minimum absolute atomic E-state index is 0.263. The first kappa shape index (κ1) is 14.7. The van der Waals surface area contributed by atoms with Crippen LogP contribution in [0.5, 0.6) is 0 Å². The van der Waals surface area contributed by atoms with Crippen LogP contribution >= 0.6 is 11.6 Å². The van der Waals surface area contributed by atoms with Crippen molar-refractivity contribution in [3.63, 3.8) is 0 Å². The van der Waals surface area contributed by atoms with Crippen LogP contribution < -0.4 is 10.6 Å². The van der Waals surface area contributed by atoms with E-state index in [1.807, 2.05) is 0 Å². The molecule has 1 aliphatic rings. The van der Waals surface area contributed by atoms with Crippen LogP contribution in [0.4, 0.5) is 10.5 Å². The summed E-state index contributed by atoms with van der Waals surface area (Å²) in [5, 5.41) is 15.2. The van der Waals surface area contributed by atoms with E-state index in [4.69, 9.17) is 11.6 Å². The monoisotopic (exact) mass is 291 g/mol. The Morgan fingerprint density at radius 3 is 2.75 bits per heavy atom. The van der Waals surface area contributed by atoms with Crippen molar-refractivity contribution in [3.8, 4) is 6.07 Å². The maximum absolute atomic E-state index is 11.9. The van der Waals surface area contributed by atoms with Crippen LogP contribution in [-0.4, -0.2) is 12.1 Å². The van der Waals surface area contributed by atoms with Crippen molar-refractivity contribution in [2.75, 3.05) is 5.32 Å². The van der Waals surface area contributed by atoms with E-state index in [9.17, 15) is 10.1 Å². The number of amides is 2. The summed E-state index contributed by atoms with van der Waals surface area (Å²) in [6, 6.07) is 8.36. The molecule has 2 amide bonds. The lowest BCUT2D eigenvalue weighted by Gasteiger charge is -2.26. The number of nitriles is 1. The van der Waals surface area contributed by atoms with Crippen molar-refractivity contribution >= 4 is 23.3 Å². The van der Waals surface area contributed by atoms with Gasteiger partial charge in [0.25, 0.3) is 0 Å². The van der Waals surface area contributed by atoms with Gasteiger partial charge in [-0.25, -0.2) is 4.79 Å². The number of halogens is 1. The number of hydrogen-bond acceptors (Lipinski definition) is 2. The molecule has 5 heteroatoms. The summed E-state index contributed by atoms with van der Waals surface area (Å²) in [7, 11) is 0. The Labute approximate surface area is 124 Å². The Morgan fingerprint density at radius 2 is 2.10 bits per heavy atom. The van der Waals surface area contributed by atoms with Gasteiger partial charge in [0.15, 0.2) is 0 Å². The largest absolute Gasteiger partial charge is 0.322 e. The lowest BCUT2D eigenvalue weighted by molar-refractivity contribution is 0.241. The van der Waals surface area contributed by atoms with Gasteiger partial charge in [0.2, 0.25) is 0 Å². The molecule has 0 radical (unpaired) electrons. The average Bonchev–Trinajstić information content (AvgIpc) is 2.45. The molecule has 0 bridgehead atoms. The van der Waals surface area contributed by atoms with E-state index in [0.717, 1.165) is 25.7 Å². The first-order valence-corrected chi connectivity index (χ1v) is 7.29. The van der Waals surface area contributed by atoms with Crippen LogP contribution in [0.15, 0.2) is 24.3 Å². The van der Waals surface area contributed by atoms with Crippen LogP contribution in [0.25, 0.3) is 0 Å². The van der Waals surface area contributed by atoms with Crippen molar-refractivity contribution in [1.29, 1.82) is 5.26 Å². The van der Waals surface area contributed by atoms with Crippen molar-refractivity contribution in [3.05, 3.63) is 29.3 Å². The van der Waals surface area contributed by atoms with Crippen molar-refractivity contribution in [1.82, 2.24) is 5.32 Å². The maximum Gasteiger partial charge on any atom is 0.320 e. The second-order valence-corrected chi connectivity index (χ2v) is 5.55. The summed E-state index contributed by atoms with van der Waals surface area (Å²) in [4.78, 5) is 11.9. The number of carbonyl (C=O) groups is 1. The standard InChI is InChI=1S/C15H18ClN3O/c16-12-7-4-8-13(9-12)18-15(20)19-14(10-17)11-5-2-1-3-6-11/h4,7-9,11,14H,1-3,5-6H2,(H2,18,19,20). The van der Waals surface area contributed by atoms with Crippen LogP contribution in [-0.2, 0) is 0 Å². The molecule has 1 aromatic carbocycles. The van der Waals surface area contributed by atoms with Gasteiger partial charge in [-0.2, -0.15) is 5.26 Å². The second-order valence-electron chi connectivity index (χ2n) is 5.11. The van der Waals surface area contributed by atoms with Gasteiger partial charge in [-0.1, -0.05) is 36.9 Å². The summed E-state index contributed by atoms with van der Waals surface area (Å²) < 4.78 is 0. The molecule has 0 saturated heterocycles. The molecule has 0 aliphatic heterocycles. The fraction of sp³-hybridized carbons (Fsp3) is 0.467. The molecule has 4 nitrogen and oxygen atoms in total. The number of nitrogens with zero attached hydrogens (tertiary/aromatic N) is 1. The Hall–Kier alpha value is -1.73. The number of hydrogen-bond donors (Lipinski definition) is 2. The molecule has 1 unspecified atom stereocenters. The first-order valence-electron chi connectivity index (χ1n) is 6.92. The third-order valence-electron chi connectivity index (χ3n) is 3.63. The lowest BCUT2D eigenvalue weighted by Crippen LogP contribution is -2.42. The highest BCUT2D eigenvalue weighted by Crippen LogP contribution is 2.26. The van der Waals surface area contributed by atoms with Crippen molar-refractivity contribution in [2.24, 2.45) is 5.92 Å². The van der Waals surface area contributed by atoms with Crippen LogP contribution in [0.2, 0.25) is 5.02 Å². The van der Waals surface area contributed by atoms with Crippen LogP contribution in [0, 0.1) is 17.2 Å². The first-order chi connectivity index (χ1) is 9.69. The van der Waals surface area contributed by atoms with E-state index < -0.39 is 6.04 Å². The van der Waals surface area contributed by atoms with Gasteiger partial charge in [-0.05, 0) is 37.0 Å². The molecule has 106 valence electrons. The third-order valence-corrected chi connectivity index (χ3v) is 3.86. The number of urea groups is 1. The zero-order valence-corrected chi connectivity index (χ0v) is 12.0. The van der Waals surface area contributed by atoms with Gasteiger partial charge in [0.1, 0.15) is 6.04 Å². The second kappa shape index (κ2) is 7.16. The predicted octanol–water partition coefficient (Wildman–Crippen LogP) is 3.93. The van der Waals surface area contributed by atoms with Crippen LogP contribution in [0.3, 0.4) is 0 Å². The van der Waals surface area contributed by atoms with E-state index in [1.54, 1.807) is 24.3 Å². The van der Waals surface area contributed by atoms with Crippen molar-refractivity contribution in [2.45, 2.75) is 38.1 Å². The molecular formula is C15H18ClN3O. The summed E-state index contributed by atoms with van der Waals surface area (Å²) in [5.41, 5.74) is 0.621. The molecule has 20 heavy (non-hydrogen) atoms. The van der Waals surface area contributed by atoms with E-state index in [2.05, 4.69) is 16.7 Å². The minimum atomic E-state index is -0.422. The minimum Gasteiger partial charge on any atom is -0.322 e. The molecule has 1 aliphatic carbocycles. The molecule has 2 rings (SSSR count). The summed E-state index contributed by atoms with van der Waals surface area (Å²) in [6.07, 6.45) is 5.52. The molecule has 1 atom stereocenters. The number of rotatable bonds is 3. The zero-order valence-electron chi connectivity index (χ0n) is 11.2. The van der Waals surface area contributed by atoms with Gasteiger partial charge >= 0.3 is 6.03 Å². The molecule has 0 spiro atoms. The van der Waals surface area contributed by atoms with E-state index in [0.29, 0.717) is 10.7 Å².